The molecule has 2 N–H and O–H groups in total. The lowest BCUT2D eigenvalue weighted by Crippen LogP contribution is -2.32. The van der Waals surface area contributed by atoms with Crippen molar-refractivity contribution in [2.24, 2.45) is 5.92 Å². The van der Waals surface area contributed by atoms with E-state index in [9.17, 15) is 14.7 Å². The topological polar surface area (TPSA) is 116 Å². The van der Waals surface area contributed by atoms with E-state index in [-0.39, 0.29) is 17.4 Å². The second-order valence-corrected chi connectivity index (χ2v) is 6.61. The van der Waals surface area contributed by atoms with E-state index in [1.165, 1.54) is 24.2 Å². The van der Waals surface area contributed by atoms with Gasteiger partial charge in [0.25, 0.3) is 5.91 Å². The molecule has 0 saturated carbocycles. The number of aromatic carboxylic acids is 1. The van der Waals surface area contributed by atoms with Crippen LogP contribution in [0.1, 0.15) is 46.0 Å². The number of amides is 1. The third-order valence-corrected chi connectivity index (χ3v) is 4.83. The third kappa shape index (κ3) is 4.14. The molecule has 0 aliphatic carbocycles. The predicted octanol–water partition coefficient (Wildman–Crippen LogP) is 1.69. The Morgan fingerprint density at radius 3 is 2.75 bits per heavy atom. The Morgan fingerprint density at radius 1 is 1.36 bits per heavy atom. The fourth-order valence-electron chi connectivity index (χ4n) is 3.20. The maximum absolute atomic E-state index is 12.5. The molecule has 9 nitrogen and oxygen atoms in total. The molecule has 1 saturated heterocycles. The van der Waals surface area contributed by atoms with Crippen LogP contribution in [0, 0.1) is 5.92 Å². The van der Waals surface area contributed by atoms with Gasteiger partial charge in [0.15, 0.2) is 5.82 Å². The van der Waals surface area contributed by atoms with Crippen molar-refractivity contribution >= 4 is 11.9 Å². The van der Waals surface area contributed by atoms with Crippen LogP contribution in [0.15, 0.2) is 18.5 Å². The Labute approximate surface area is 162 Å². The summed E-state index contributed by atoms with van der Waals surface area (Å²) in [5, 5.41) is 16.3. The predicted molar refractivity (Wildman–Crippen MR) is 100 cm³/mol. The molecule has 2 aromatic rings. The first-order valence-corrected chi connectivity index (χ1v) is 9.25. The molecule has 150 valence electrons. The lowest BCUT2D eigenvalue weighted by atomic mass is 10.0. The Bertz CT molecular complexity index is 858. The summed E-state index contributed by atoms with van der Waals surface area (Å²) in [6, 6.07) is 1.75. The van der Waals surface area contributed by atoms with Crippen molar-refractivity contribution in [3.63, 3.8) is 0 Å². The minimum Gasteiger partial charge on any atom is -0.480 e. The minimum absolute atomic E-state index is 0.0513. The van der Waals surface area contributed by atoms with Crippen molar-refractivity contribution in [3.05, 3.63) is 35.2 Å². The van der Waals surface area contributed by atoms with E-state index in [1.54, 1.807) is 6.07 Å². The Hall–Kier alpha value is -2.94. The van der Waals surface area contributed by atoms with E-state index in [2.05, 4.69) is 15.4 Å². The summed E-state index contributed by atoms with van der Waals surface area (Å²) in [4.78, 5) is 28.2. The molecule has 1 fully saturated rings. The second kappa shape index (κ2) is 8.83. The molecular weight excluding hydrogens is 364 g/mol. The highest BCUT2D eigenvalue weighted by atomic mass is 16.5. The molecular formula is C19H24N4O5. The van der Waals surface area contributed by atoms with E-state index in [4.69, 9.17) is 9.47 Å². The summed E-state index contributed by atoms with van der Waals surface area (Å²) >= 11 is 0. The molecule has 1 aliphatic heterocycles. The van der Waals surface area contributed by atoms with E-state index in [0.29, 0.717) is 30.3 Å². The highest BCUT2D eigenvalue weighted by molar-refractivity contribution is 5.94. The van der Waals surface area contributed by atoms with E-state index in [1.807, 2.05) is 6.92 Å². The first-order chi connectivity index (χ1) is 13.5. The molecule has 9 heteroatoms. The minimum atomic E-state index is -1.13. The average Bonchev–Trinajstić information content (AvgIpc) is 3.16. The van der Waals surface area contributed by atoms with Gasteiger partial charge in [-0.2, -0.15) is 9.78 Å². The molecule has 28 heavy (non-hydrogen) atoms. The molecule has 0 radical (unpaired) electrons. The van der Waals surface area contributed by atoms with Gasteiger partial charge in [-0.15, -0.1) is 0 Å². The Kier molecular flexibility index (Phi) is 6.25. The summed E-state index contributed by atoms with van der Waals surface area (Å²) in [5.41, 5.74) is 1.17. The molecule has 0 unspecified atom stereocenters. The van der Waals surface area contributed by atoms with Crippen LogP contribution in [0.25, 0.3) is 5.82 Å². The van der Waals surface area contributed by atoms with Crippen molar-refractivity contribution in [1.29, 1.82) is 0 Å². The molecule has 1 aliphatic rings. The van der Waals surface area contributed by atoms with Crippen LogP contribution in [-0.2, 0) is 11.2 Å². The van der Waals surface area contributed by atoms with E-state index >= 15 is 0 Å². The largest absolute Gasteiger partial charge is 0.480 e. The number of hydrogen-bond acceptors (Lipinski definition) is 6. The number of ether oxygens (including phenoxy) is 2. The number of hydrogen-bond donors (Lipinski definition) is 2. The van der Waals surface area contributed by atoms with Crippen LogP contribution in [0.5, 0.6) is 5.88 Å². The van der Waals surface area contributed by atoms with Crippen molar-refractivity contribution in [2.75, 3.05) is 26.9 Å². The number of aromatic nitrogens is 3. The molecule has 0 atom stereocenters. The average molecular weight is 388 g/mol. The van der Waals surface area contributed by atoms with Gasteiger partial charge in [-0.1, -0.05) is 6.92 Å². The second-order valence-electron chi connectivity index (χ2n) is 6.61. The lowest BCUT2D eigenvalue weighted by Gasteiger charge is -2.22. The highest BCUT2D eigenvalue weighted by Gasteiger charge is 2.22. The van der Waals surface area contributed by atoms with Crippen molar-refractivity contribution in [3.8, 4) is 11.7 Å². The smallest absolute Gasteiger partial charge is 0.342 e. The quantitative estimate of drug-likeness (QED) is 0.741. The van der Waals surface area contributed by atoms with Gasteiger partial charge in [-0.25, -0.2) is 9.78 Å². The maximum Gasteiger partial charge on any atom is 0.342 e. The number of carbonyl (C=O) groups excluding carboxylic acids is 1. The Morgan fingerprint density at radius 2 is 2.11 bits per heavy atom. The highest BCUT2D eigenvalue weighted by Crippen LogP contribution is 2.24. The van der Waals surface area contributed by atoms with Crippen LogP contribution >= 0.6 is 0 Å². The third-order valence-electron chi connectivity index (χ3n) is 4.83. The van der Waals surface area contributed by atoms with Gasteiger partial charge in [0, 0.05) is 26.0 Å². The van der Waals surface area contributed by atoms with Crippen LogP contribution in [0.2, 0.25) is 0 Å². The number of aryl methyl sites for hydroxylation is 1. The molecule has 3 rings (SSSR count). The van der Waals surface area contributed by atoms with Gasteiger partial charge in [-0.05, 0) is 36.8 Å². The van der Waals surface area contributed by atoms with E-state index in [0.717, 1.165) is 31.6 Å². The van der Waals surface area contributed by atoms with Crippen molar-refractivity contribution in [1.82, 2.24) is 20.1 Å². The number of carboxylic acids is 1. The van der Waals surface area contributed by atoms with Crippen LogP contribution in [-0.4, -0.2) is 58.6 Å². The molecule has 0 bridgehead atoms. The zero-order chi connectivity index (χ0) is 20.1. The van der Waals surface area contributed by atoms with Gasteiger partial charge in [0.05, 0.1) is 18.9 Å². The number of nitrogens with zero attached hydrogens (tertiary/aromatic N) is 3. The number of nitrogens with one attached hydrogen (secondary N) is 1. The Balaban J connectivity index is 1.80. The number of carbonyl (C=O) groups is 2. The summed E-state index contributed by atoms with van der Waals surface area (Å²) in [6.07, 6.45) is 5.17. The van der Waals surface area contributed by atoms with Crippen molar-refractivity contribution < 1.29 is 24.2 Å². The number of carboxylic acid groups (broad SMARTS) is 1. The summed E-state index contributed by atoms with van der Waals surface area (Å²) in [5.74, 6) is -0.359. The van der Waals surface area contributed by atoms with Crippen LogP contribution in [0.4, 0.5) is 0 Å². The van der Waals surface area contributed by atoms with Crippen molar-refractivity contribution in [2.45, 2.75) is 26.2 Å². The molecule has 3 heterocycles. The fraction of sp³-hybridized carbons (Fsp3) is 0.474. The SMILES string of the molecule is CCc1cc(C(=O)NCC2CCOCC2)cnc1-n1ncc(C(=O)O)c1OC. The first kappa shape index (κ1) is 19.8. The number of pyridine rings is 1. The molecule has 1 amide bonds. The first-order valence-electron chi connectivity index (χ1n) is 9.25. The van der Waals surface area contributed by atoms with Gasteiger partial charge in [-0.3, -0.25) is 4.79 Å². The zero-order valence-electron chi connectivity index (χ0n) is 16.0. The normalized spacial score (nSPS) is 14.6. The summed E-state index contributed by atoms with van der Waals surface area (Å²) in [7, 11) is 1.38. The van der Waals surface area contributed by atoms with Gasteiger partial charge < -0.3 is 19.9 Å². The standard InChI is InChI=1S/C19H24N4O5/c1-3-13-8-14(17(24)21-9-12-4-6-28-7-5-12)10-20-16(13)23-18(27-2)15(11-22-23)19(25)26/h8,10-12H,3-7,9H2,1-2H3,(H,21,24)(H,25,26). The summed E-state index contributed by atoms with van der Waals surface area (Å²) < 4.78 is 11.9. The zero-order valence-corrected chi connectivity index (χ0v) is 16.0. The summed E-state index contributed by atoms with van der Waals surface area (Å²) in [6.45, 7) is 4.01. The molecule has 0 aromatic carbocycles. The maximum atomic E-state index is 12.5. The lowest BCUT2D eigenvalue weighted by molar-refractivity contribution is 0.0642. The van der Waals surface area contributed by atoms with Gasteiger partial charge >= 0.3 is 5.97 Å². The fourth-order valence-corrected chi connectivity index (χ4v) is 3.20. The molecule has 0 spiro atoms. The van der Waals surface area contributed by atoms with E-state index < -0.39 is 5.97 Å². The molecule has 2 aromatic heterocycles. The van der Waals surface area contributed by atoms with Gasteiger partial charge in [0.1, 0.15) is 5.56 Å². The van der Waals surface area contributed by atoms with Crippen LogP contribution < -0.4 is 10.1 Å². The number of rotatable bonds is 7. The number of methoxy groups -OCH3 is 1. The van der Waals surface area contributed by atoms with Gasteiger partial charge in [0.2, 0.25) is 5.88 Å². The van der Waals surface area contributed by atoms with Crippen LogP contribution in [0.3, 0.4) is 0 Å². The monoisotopic (exact) mass is 388 g/mol.